The van der Waals surface area contributed by atoms with Gasteiger partial charge in [0.05, 0.1) is 7.11 Å². The molecule has 1 saturated heterocycles. The molecule has 2 unspecified atom stereocenters. The summed E-state index contributed by atoms with van der Waals surface area (Å²) in [5, 5.41) is 0.898. The Hall–Kier alpha value is -2.96. The molecule has 1 fully saturated rings. The van der Waals surface area contributed by atoms with E-state index in [1.165, 1.54) is 9.12 Å². The van der Waals surface area contributed by atoms with E-state index in [-0.39, 0.29) is 11.5 Å². The number of hydrogen-bond acceptors (Lipinski definition) is 6. The molecule has 0 N–H and O–H groups in total. The lowest BCUT2D eigenvalue weighted by Crippen LogP contribution is -2.58. The molecule has 216 valence electrons. The highest BCUT2D eigenvalue weighted by atomic mass is 127. The topological polar surface area (TPSA) is 68.9 Å². The standard InChI is InChI=1S/C31H35IN4O4S/c1-20-17-34(22(3)37)18-21(2)35(20)14-15-40-25-9-6-23(7-10-25)24-8-11-26(29(16-24)39-5)28-19-33(4)31(38)30-27(28)12-13-36(30)41-32/h6-13,16,19-21H,14-15,17-18H2,1-5H3. The van der Waals surface area contributed by atoms with Crippen molar-refractivity contribution in [2.75, 3.05) is 33.4 Å². The van der Waals surface area contributed by atoms with E-state index in [9.17, 15) is 9.59 Å². The van der Waals surface area contributed by atoms with Crippen molar-refractivity contribution in [3.63, 3.8) is 0 Å². The highest BCUT2D eigenvalue weighted by Gasteiger charge is 2.30. The maximum absolute atomic E-state index is 12.9. The van der Waals surface area contributed by atoms with Gasteiger partial charge in [0.1, 0.15) is 23.6 Å². The lowest BCUT2D eigenvalue weighted by Gasteiger charge is -2.44. The predicted octanol–water partition coefficient (Wildman–Crippen LogP) is 5.85. The van der Waals surface area contributed by atoms with E-state index in [0.29, 0.717) is 24.2 Å². The Morgan fingerprint density at radius 1 is 1.02 bits per heavy atom. The molecule has 1 aliphatic heterocycles. The van der Waals surface area contributed by atoms with E-state index in [1.54, 1.807) is 25.6 Å². The quantitative estimate of drug-likeness (QED) is 0.217. The molecule has 0 spiro atoms. The number of rotatable bonds is 8. The van der Waals surface area contributed by atoms with Gasteiger partial charge in [-0.15, -0.1) is 0 Å². The van der Waals surface area contributed by atoms with Crippen LogP contribution in [0.15, 0.2) is 65.7 Å². The first-order valence-electron chi connectivity index (χ1n) is 13.6. The molecule has 1 amide bonds. The van der Waals surface area contributed by atoms with Gasteiger partial charge in [-0.2, -0.15) is 0 Å². The second kappa shape index (κ2) is 12.5. The summed E-state index contributed by atoms with van der Waals surface area (Å²) in [7, 11) is 4.92. The van der Waals surface area contributed by atoms with Crippen LogP contribution in [0.5, 0.6) is 11.5 Å². The van der Waals surface area contributed by atoms with Crippen molar-refractivity contribution in [3.05, 3.63) is 71.3 Å². The van der Waals surface area contributed by atoms with Gasteiger partial charge in [-0.1, -0.05) is 18.2 Å². The molecule has 2 atom stereocenters. The lowest BCUT2D eigenvalue weighted by atomic mass is 9.98. The number of amides is 1. The Balaban J connectivity index is 1.30. The third-order valence-electron chi connectivity index (χ3n) is 7.91. The average Bonchev–Trinajstić information content (AvgIpc) is 3.41. The number of ether oxygens (including phenoxy) is 2. The summed E-state index contributed by atoms with van der Waals surface area (Å²) in [6.45, 7) is 8.89. The number of methoxy groups -OCH3 is 1. The molecule has 2 aromatic heterocycles. The first-order valence-corrected chi connectivity index (χ1v) is 17.0. The number of fused-ring (bicyclic) bond motifs is 1. The lowest BCUT2D eigenvalue weighted by molar-refractivity contribution is -0.133. The van der Waals surface area contributed by atoms with E-state index < -0.39 is 0 Å². The minimum Gasteiger partial charge on any atom is -0.496 e. The van der Waals surface area contributed by atoms with Gasteiger partial charge < -0.3 is 18.9 Å². The molecular weight excluding hydrogens is 651 g/mol. The Bertz CT molecular complexity index is 1610. The highest BCUT2D eigenvalue weighted by Crippen LogP contribution is 2.38. The summed E-state index contributed by atoms with van der Waals surface area (Å²) in [6, 6.07) is 16.9. The zero-order valence-corrected chi connectivity index (χ0v) is 26.9. The molecule has 10 heteroatoms. The largest absolute Gasteiger partial charge is 0.496 e. The fourth-order valence-electron chi connectivity index (χ4n) is 5.76. The van der Waals surface area contributed by atoms with Gasteiger partial charge in [0, 0.05) is 105 Å². The number of pyridine rings is 1. The van der Waals surface area contributed by atoms with Gasteiger partial charge in [0.2, 0.25) is 5.91 Å². The van der Waals surface area contributed by atoms with Crippen molar-refractivity contribution in [2.24, 2.45) is 7.05 Å². The van der Waals surface area contributed by atoms with Gasteiger partial charge in [-0.25, -0.2) is 0 Å². The summed E-state index contributed by atoms with van der Waals surface area (Å²) in [5.41, 5.74) is 4.60. The maximum Gasteiger partial charge on any atom is 0.275 e. The molecule has 4 aromatic rings. The Labute approximate surface area is 256 Å². The summed E-state index contributed by atoms with van der Waals surface area (Å²) in [5.74, 6) is 1.71. The molecule has 41 heavy (non-hydrogen) atoms. The third-order valence-corrected chi connectivity index (χ3v) is 9.63. The number of halogens is 1. The van der Waals surface area contributed by atoms with Gasteiger partial charge in [-0.05, 0) is 55.3 Å². The van der Waals surface area contributed by atoms with Gasteiger partial charge in [0.25, 0.3) is 5.56 Å². The van der Waals surface area contributed by atoms with Gasteiger partial charge >= 0.3 is 0 Å². The molecule has 3 heterocycles. The van der Waals surface area contributed by atoms with Gasteiger partial charge in [0.15, 0.2) is 0 Å². The van der Waals surface area contributed by atoms with Crippen LogP contribution in [-0.4, -0.2) is 69.7 Å². The first kappa shape index (κ1) is 29.5. The van der Waals surface area contributed by atoms with Crippen LogP contribution in [0.4, 0.5) is 0 Å². The maximum atomic E-state index is 12.9. The molecule has 0 radical (unpaired) electrons. The minimum atomic E-state index is -0.0320. The number of carbonyl (C=O) groups excluding carboxylic acids is 1. The number of aryl methyl sites for hydroxylation is 1. The Morgan fingerprint density at radius 2 is 1.71 bits per heavy atom. The third kappa shape index (κ3) is 6.00. The first-order chi connectivity index (χ1) is 19.7. The number of carbonyl (C=O) groups is 1. The summed E-state index contributed by atoms with van der Waals surface area (Å²) >= 11 is 2.19. The number of hydrogen-bond donors (Lipinski definition) is 0. The molecule has 0 bridgehead atoms. The fraction of sp³-hybridized carbons (Fsp3) is 0.355. The van der Waals surface area contributed by atoms with Crippen LogP contribution in [0.25, 0.3) is 33.2 Å². The van der Waals surface area contributed by atoms with Crippen LogP contribution in [-0.2, 0) is 11.8 Å². The number of nitrogens with zero attached hydrogens (tertiary/aromatic N) is 4. The van der Waals surface area contributed by atoms with Crippen LogP contribution in [0.1, 0.15) is 20.8 Å². The summed E-state index contributed by atoms with van der Waals surface area (Å²) in [4.78, 5) is 29.0. The molecule has 2 aromatic carbocycles. The van der Waals surface area contributed by atoms with Crippen molar-refractivity contribution in [3.8, 4) is 33.8 Å². The van der Waals surface area contributed by atoms with E-state index in [2.05, 4.69) is 64.2 Å². The van der Waals surface area contributed by atoms with Crippen molar-refractivity contribution < 1.29 is 14.3 Å². The molecule has 0 aliphatic carbocycles. The van der Waals surface area contributed by atoms with Crippen LogP contribution < -0.4 is 15.0 Å². The van der Waals surface area contributed by atoms with Gasteiger partial charge in [-0.3, -0.25) is 18.5 Å². The fourth-order valence-corrected chi connectivity index (χ4v) is 7.10. The molecular formula is C31H35IN4O4S. The molecule has 0 saturated carbocycles. The van der Waals surface area contributed by atoms with E-state index in [1.807, 2.05) is 45.5 Å². The summed E-state index contributed by atoms with van der Waals surface area (Å²) in [6.07, 6.45) is 3.80. The zero-order valence-electron chi connectivity index (χ0n) is 24.0. The molecule has 1 aliphatic rings. The monoisotopic (exact) mass is 686 g/mol. The van der Waals surface area contributed by atoms with Crippen molar-refractivity contribution >= 4 is 47.1 Å². The normalized spacial score (nSPS) is 17.7. The summed E-state index contributed by atoms with van der Waals surface area (Å²) < 4.78 is 15.4. The van der Waals surface area contributed by atoms with Crippen LogP contribution in [0.2, 0.25) is 0 Å². The number of aromatic nitrogens is 2. The number of benzene rings is 2. The van der Waals surface area contributed by atoms with E-state index >= 15 is 0 Å². The average molecular weight is 687 g/mol. The van der Waals surface area contributed by atoms with Crippen LogP contribution in [0, 0.1) is 0 Å². The van der Waals surface area contributed by atoms with Crippen LogP contribution in [0.3, 0.4) is 0 Å². The van der Waals surface area contributed by atoms with E-state index in [0.717, 1.165) is 58.8 Å². The van der Waals surface area contributed by atoms with Crippen molar-refractivity contribution in [2.45, 2.75) is 32.9 Å². The Morgan fingerprint density at radius 3 is 2.34 bits per heavy atom. The molecule has 5 rings (SSSR count). The molecule has 8 nitrogen and oxygen atoms in total. The predicted molar refractivity (Wildman–Crippen MR) is 175 cm³/mol. The van der Waals surface area contributed by atoms with Crippen LogP contribution >= 0.6 is 30.3 Å². The Kier molecular flexibility index (Phi) is 9.00. The second-order valence-corrected chi connectivity index (χ2v) is 12.3. The van der Waals surface area contributed by atoms with E-state index in [4.69, 9.17) is 9.47 Å². The van der Waals surface area contributed by atoms with Crippen molar-refractivity contribution in [1.82, 2.24) is 18.3 Å². The smallest absolute Gasteiger partial charge is 0.275 e. The highest BCUT2D eigenvalue weighted by molar-refractivity contribution is 14.2. The second-order valence-electron chi connectivity index (χ2n) is 10.6. The minimum absolute atomic E-state index is 0.0320. The number of piperazine rings is 1. The SMILES string of the molecule is COc1cc(-c2ccc(OCCN3C(C)CN(C(C)=O)CC3C)cc2)ccc1-c1cn(C)c(=O)c2c1ccn2SI. The zero-order chi connectivity index (χ0) is 29.3. The van der Waals surface area contributed by atoms with Crippen molar-refractivity contribution in [1.29, 1.82) is 0 Å².